The Morgan fingerprint density at radius 1 is 1.43 bits per heavy atom. The van der Waals surface area contributed by atoms with Crippen molar-refractivity contribution in [3.8, 4) is 11.6 Å². The van der Waals surface area contributed by atoms with Gasteiger partial charge in [0.2, 0.25) is 0 Å². The summed E-state index contributed by atoms with van der Waals surface area (Å²) in [6.45, 7) is 2.61. The molecule has 0 amide bonds. The lowest BCUT2D eigenvalue weighted by atomic mass is 10.2. The predicted octanol–water partition coefficient (Wildman–Crippen LogP) is 2.38. The van der Waals surface area contributed by atoms with E-state index in [4.69, 9.17) is 9.47 Å². The average molecular weight is 190 g/mol. The van der Waals surface area contributed by atoms with Gasteiger partial charge in [0.15, 0.2) is 5.88 Å². The van der Waals surface area contributed by atoms with Crippen molar-refractivity contribution in [1.29, 1.82) is 0 Å². The van der Waals surface area contributed by atoms with Crippen molar-refractivity contribution >= 4 is 10.9 Å². The van der Waals surface area contributed by atoms with Crippen LogP contribution in [0.3, 0.4) is 0 Å². The van der Waals surface area contributed by atoms with Crippen LogP contribution < -0.4 is 9.47 Å². The fourth-order valence-corrected chi connectivity index (χ4v) is 1.43. The zero-order valence-corrected chi connectivity index (χ0v) is 8.26. The number of rotatable bonds is 3. The summed E-state index contributed by atoms with van der Waals surface area (Å²) in [6, 6.07) is 8.65. The molecular formula is C11H12NO2. The molecule has 0 saturated heterocycles. The first-order valence-electron chi connectivity index (χ1n) is 4.54. The third-order valence-corrected chi connectivity index (χ3v) is 2.05. The van der Waals surface area contributed by atoms with Crippen LogP contribution in [-0.4, -0.2) is 18.7 Å². The highest BCUT2D eigenvalue weighted by atomic mass is 16.5. The van der Waals surface area contributed by atoms with Gasteiger partial charge >= 0.3 is 0 Å². The SMILES string of the molecule is CCOc1c[c]cc2[nH]c(OC)cc12. The van der Waals surface area contributed by atoms with Gasteiger partial charge in [0.25, 0.3) is 0 Å². The predicted molar refractivity (Wildman–Crippen MR) is 54.9 cm³/mol. The second-order valence-electron chi connectivity index (χ2n) is 2.92. The topological polar surface area (TPSA) is 34.2 Å². The van der Waals surface area contributed by atoms with Gasteiger partial charge in [-0.25, -0.2) is 0 Å². The molecule has 2 rings (SSSR count). The molecule has 14 heavy (non-hydrogen) atoms. The summed E-state index contributed by atoms with van der Waals surface area (Å²) in [4.78, 5) is 3.11. The number of benzene rings is 1. The normalized spacial score (nSPS) is 10.4. The molecule has 0 unspecified atom stereocenters. The zero-order valence-electron chi connectivity index (χ0n) is 8.26. The zero-order chi connectivity index (χ0) is 9.97. The minimum absolute atomic E-state index is 0.653. The van der Waals surface area contributed by atoms with E-state index in [2.05, 4.69) is 11.1 Å². The van der Waals surface area contributed by atoms with E-state index in [1.807, 2.05) is 25.1 Å². The number of aromatic amines is 1. The Kier molecular flexibility index (Phi) is 2.31. The summed E-state index contributed by atoms with van der Waals surface area (Å²) in [6.07, 6.45) is 0. The Labute approximate surface area is 82.6 Å². The Hall–Kier alpha value is -1.64. The summed E-state index contributed by atoms with van der Waals surface area (Å²) in [5.74, 6) is 1.57. The number of H-pyrrole nitrogens is 1. The van der Waals surface area contributed by atoms with Crippen molar-refractivity contribution in [3.63, 3.8) is 0 Å². The van der Waals surface area contributed by atoms with Crippen LogP contribution in [0.2, 0.25) is 0 Å². The molecule has 0 spiro atoms. The van der Waals surface area contributed by atoms with Gasteiger partial charge in [-0.05, 0) is 25.1 Å². The maximum atomic E-state index is 5.47. The molecule has 73 valence electrons. The lowest BCUT2D eigenvalue weighted by Crippen LogP contribution is -1.90. The summed E-state index contributed by atoms with van der Waals surface area (Å²) in [7, 11) is 1.63. The highest BCUT2D eigenvalue weighted by molar-refractivity contribution is 5.87. The molecule has 0 atom stereocenters. The number of fused-ring (bicyclic) bond motifs is 1. The smallest absolute Gasteiger partial charge is 0.191 e. The number of hydrogen-bond donors (Lipinski definition) is 1. The van der Waals surface area contributed by atoms with E-state index in [0.717, 1.165) is 22.5 Å². The highest BCUT2D eigenvalue weighted by Crippen LogP contribution is 2.28. The summed E-state index contributed by atoms with van der Waals surface area (Å²) >= 11 is 0. The lowest BCUT2D eigenvalue weighted by Gasteiger charge is -2.02. The van der Waals surface area contributed by atoms with Gasteiger partial charge < -0.3 is 14.5 Å². The molecule has 0 aliphatic rings. The maximum Gasteiger partial charge on any atom is 0.191 e. The monoisotopic (exact) mass is 190 g/mol. The van der Waals surface area contributed by atoms with Crippen molar-refractivity contribution < 1.29 is 9.47 Å². The fraction of sp³-hybridized carbons (Fsp3) is 0.273. The van der Waals surface area contributed by atoms with Crippen molar-refractivity contribution in [3.05, 3.63) is 24.3 Å². The Balaban J connectivity index is 2.55. The minimum atomic E-state index is 0.653. The second-order valence-corrected chi connectivity index (χ2v) is 2.92. The van der Waals surface area contributed by atoms with Crippen LogP contribution in [0.4, 0.5) is 0 Å². The molecule has 1 aromatic carbocycles. The van der Waals surface area contributed by atoms with Crippen LogP contribution in [-0.2, 0) is 0 Å². The van der Waals surface area contributed by atoms with Gasteiger partial charge in [-0.3, -0.25) is 0 Å². The van der Waals surface area contributed by atoms with Crippen molar-refractivity contribution in [2.24, 2.45) is 0 Å². The minimum Gasteiger partial charge on any atom is -0.493 e. The standard InChI is InChI=1S/C11H12NO2/c1-3-14-10-6-4-5-9-8(10)7-11(12-9)13-2/h5-7,12H,3H2,1-2H3. The molecule has 0 aliphatic carbocycles. The third-order valence-electron chi connectivity index (χ3n) is 2.05. The highest BCUT2D eigenvalue weighted by Gasteiger charge is 2.05. The third kappa shape index (κ3) is 1.41. The molecule has 1 aromatic heterocycles. The van der Waals surface area contributed by atoms with Gasteiger partial charge in [0.05, 0.1) is 19.2 Å². The van der Waals surface area contributed by atoms with Gasteiger partial charge in [0, 0.05) is 11.5 Å². The van der Waals surface area contributed by atoms with Crippen molar-refractivity contribution in [2.75, 3.05) is 13.7 Å². The number of ether oxygens (including phenoxy) is 2. The molecule has 3 heteroatoms. The van der Waals surface area contributed by atoms with E-state index in [9.17, 15) is 0 Å². The summed E-state index contributed by atoms with van der Waals surface area (Å²) in [5.41, 5.74) is 0.979. The van der Waals surface area contributed by atoms with Gasteiger partial charge in [0.1, 0.15) is 5.75 Å². The summed E-state index contributed by atoms with van der Waals surface area (Å²) in [5, 5.41) is 1.03. The Morgan fingerprint density at radius 3 is 3.00 bits per heavy atom. The van der Waals surface area contributed by atoms with Crippen LogP contribution >= 0.6 is 0 Å². The van der Waals surface area contributed by atoms with E-state index < -0.39 is 0 Å². The Bertz CT molecular complexity index is 434. The molecule has 0 bridgehead atoms. The number of nitrogens with one attached hydrogen (secondary N) is 1. The molecule has 1 N–H and O–H groups in total. The molecule has 2 aromatic rings. The van der Waals surface area contributed by atoms with E-state index in [1.165, 1.54) is 0 Å². The first-order valence-corrected chi connectivity index (χ1v) is 4.54. The molecule has 3 nitrogen and oxygen atoms in total. The van der Waals surface area contributed by atoms with Crippen LogP contribution in [0.1, 0.15) is 6.92 Å². The molecule has 0 aliphatic heterocycles. The quantitative estimate of drug-likeness (QED) is 0.806. The van der Waals surface area contributed by atoms with Gasteiger partial charge in [-0.1, -0.05) is 0 Å². The van der Waals surface area contributed by atoms with Crippen LogP contribution in [0.15, 0.2) is 18.2 Å². The number of aromatic nitrogens is 1. The second kappa shape index (κ2) is 3.62. The molecule has 1 heterocycles. The van der Waals surface area contributed by atoms with Crippen molar-refractivity contribution in [2.45, 2.75) is 6.92 Å². The van der Waals surface area contributed by atoms with Crippen molar-refractivity contribution in [1.82, 2.24) is 4.98 Å². The van der Waals surface area contributed by atoms with Crippen LogP contribution in [0.25, 0.3) is 10.9 Å². The van der Waals surface area contributed by atoms with E-state index >= 15 is 0 Å². The average Bonchev–Trinajstić information content (AvgIpc) is 2.62. The first kappa shape index (κ1) is 8.94. The van der Waals surface area contributed by atoms with E-state index in [-0.39, 0.29) is 0 Å². The summed E-state index contributed by atoms with van der Waals surface area (Å²) < 4.78 is 10.6. The van der Waals surface area contributed by atoms with Gasteiger partial charge in [-0.15, -0.1) is 0 Å². The Morgan fingerprint density at radius 2 is 2.29 bits per heavy atom. The molecule has 1 radical (unpaired) electrons. The first-order chi connectivity index (χ1) is 6.85. The number of methoxy groups -OCH3 is 1. The van der Waals surface area contributed by atoms with E-state index in [1.54, 1.807) is 7.11 Å². The number of hydrogen-bond acceptors (Lipinski definition) is 2. The van der Waals surface area contributed by atoms with Crippen LogP contribution in [0.5, 0.6) is 11.6 Å². The lowest BCUT2D eigenvalue weighted by molar-refractivity contribution is 0.344. The molecule has 0 saturated carbocycles. The van der Waals surface area contributed by atoms with Crippen LogP contribution in [0, 0.1) is 6.07 Å². The van der Waals surface area contributed by atoms with E-state index in [0.29, 0.717) is 6.61 Å². The van der Waals surface area contributed by atoms with Gasteiger partial charge in [-0.2, -0.15) is 0 Å². The largest absolute Gasteiger partial charge is 0.493 e. The fourth-order valence-electron chi connectivity index (χ4n) is 1.43. The maximum absolute atomic E-state index is 5.47. The molecular weight excluding hydrogens is 178 g/mol. The molecule has 0 fully saturated rings.